The number of aliphatic hydroxyl groups excluding tert-OH is 1. The largest absolute Gasteiger partial charge is 0.394 e. The number of Topliss-reactive ketones (excluding diaryl/α,β-unsaturated/α-hetero) is 1. The first-order valence-corrected chi connectivity index (χ1v) is 9.80. The van der Waals surface area contributed by atoms with Gasteiger partial charge in [0.25, 0.3) is 0 Å². The summed E-state index contributed by atoms with van der Waals surface area (Å²) in [5.41, 5.74) is 3.27. The molecule has 0 spiro atoms. The highest BCUT2D eigenvalue weighted by molar-refractivity contribution is 8.03. The Hall–Kier alpha value is -1.01. The standard InChI is InChI=1S/C20H26O3S2/c1-12(2)19-17(22)10-18(24)16(11-23-6-5-21)20(19)25-15-8-13(3)7-14(4)9-15/h7-9,12,16,21H,5-6,10-11H2,1-4H3. The van der Waals surface area contributed by atoms with E-state index >= 15 is 0 Å². The van der Waals surface area contributed by atoms with Gasteiger partial charge in [-0.25, -0.2) is 0 Å². The molecule has 1 aliphatic carbocycles. The molecule has 1 unspecified atom stereocenters. The summed E-state index contributed by atoms with van der Waals surface area (Å²) in [5.74, 6) is 0.206. The summed E-state index contributed by atoms with van der Waals surface area (Å²) >= 11 is 7.16. The van der Waals surface area contributed by atoms with Gasteiger partial charge in [-0.05, 0) is 43.0 Å². The van der Waals surface area contributed by atoms with Crippen LogP contribution < -0.4 is 0 Å². The number of benzene rings is 1. The zero-order valence-corrected chi connectivity index (χ0v) is 16.9. The van der Waals surface area contributed by atoms with Gasteiger partial charge in [-0.1, -0.05) is 43.9 Å². The zero-order valence-electron chi connectivity index (χ0n) is 15.3. The van der Waals surface area contributed by atoms with Crippen molar-refractivity contribution in [3.05, 3.63) is 39.8 Å². The third-order valence-electron chi connectivity index (χ3n) is 4.13. The Morgan fingerprint density at radius 3 is 2.48 bits per heavy atom. The molecule has 0 fully saturated rings. The molecular formula is C20H26O3S2. The van der Waals surface area contributed by atoms with Gasteiger partial charge in [0.2, 0.25) is 0 Å². The molecule has 0 heterocycles. The number of carbonyl (C=O) groups excluding carboxylic acids is 1. The number of ether oxygens (including phenoxy) is 1. The van der Waals surface area contributed by atoms with Gasteiger partial charge < -0.3 is 9.84 Å². The second-order valence-corrected chi connectivity index (χ2v) is 8.42. The van der Waals surface area contributed by atoms with Crippen molar-refractivity contribution in [3.8, 4) is 0 Å². The number of thioether (sulfide) groups is 1. The molecule has 1 aromatic rings. The monoisotopic (exact) mass is 378 g/mol. The molecule has 136 valence electrons. The second-order valence-electron chi connectivity index (χ2n) is 6.78. The van der Waals surface area contributed by atoms with Gasteiger partial charge in [-0.3, -0.25) is 4.79 Å². The fourth-order valence-electron chi connectivity index (χ4n) is 3.13. The molecule has 1 aromatic carbocycles. The van der Waals surface area contributed by atoms with Crippen molar-refractivity contribution in [1.82, 2.24) is 0 Å². The van der Waals surface area contributed by atoms with Crippen molar-refractivity contribution in [1.29, 1.82) is 0 Å². The summed E-state index contributed by atoms with van der Waals surface area (Å²) in [6, 6.07) is 6.41. The van der Waals surface area contributed by atoms with Crippen molar-refractivity contribution in [3.63, 3.8) is 0 Å². The number of rotatable bonds is 7. The predicted octanol–water partition coefficient (Wildman–Crippen LogP) is 4.27. The summed E-state index contributed by atoms with van der Waals surface area (Å²) in [4.78, 5) is 15.5. The van der Waals surface area contributed by atoms with Crippen LogP contribution in [0.15, 0.2) is 33.6 Å². The molecule has 5 heteroatoms. The van der Waals surface area contributed by atoms with E-state index in [1.54, 1.807) is 11.8 Å². The van der Waals surface area contributed by atoms with Crippen LogP contribution in [0.3, 0.4) is 0 Å². The van der Waals surface area contributed by atoms with E-state index in [9.17, 15) is 4.79 Å². The van der Waals surface area contributed by atoms with E-state index in [1.807, 2.05) is 0 Å². The Kier molecular flexibility index (Phi) is 7.37. The smallest absolute Gasteiger partial charge is 0.164 e. The SMILES string of the molecule is Cc1cc(C)cc(SC2=C(C(C)C)C(=O)CC(=S)C2COCCO)c1. The van der Waals surface area contributed by atoms with Crippen LogP contribution in [0.2, 0.25) is 0 Å². The van der Waals surface area contributed by atoms with Gasteiger partial charge >= 0.3 is 0 Å². The van der Waals surface area contributed by atoms with Crippen LogP contribution in [0.1, 0.15) is 31.4 Å². The highest BCUT2D eigenvalue weighted by atomic mass is 32.2. The molecule has 0 amide bonds. The van der Waals surface area contributed by atoms with Crippen molar-refractivity contribution >= 4 is 34.6 Å². The third kappa shape index (κ3) is 5.23. The summed E-state index contributed by atoms with van der Waals surface area (Å²) in [7, 11) is 0. The molecule has 1 atom stereocenters. The maximum absolute atomic E-state index is 12.6. The minimum absolute atomic E-state index is 0.0152. The van der Waals surface area contributed by atoms with Gasteiger partial charge in [0, 0.05) is 32.6 Å². The predicted molar refractivity (Wildman–Crippen MR) is 107 cm³/mol. The van der Waals surface area contributed by atoms with Crippen LogP contribution in [-0.4, -0.2) is 35.6 Å². The van der Waals surface area contributed by atoms with Gasteiger partial charge in [-0.2, -0.15) is 0 Å². The molecule has 0 bridgehead atoms. The summed E-state index contributed by atoms with van der Waals surface area (Å²) in [5, 5.41) is 8.98. The number of hydrogen-bond donors (Lipinski definition) is 1. The molecule has 0 aromatic heterocycles. The Bertz CT molecular complexity index is 672. The normalized spacial score (nSPS) is 18.4. The third-order valence-corrected chi connectivity index (χ3v) is 5.75. The second kappa shape index (κ2) is 9.08. The highest BCUT2D eigenvalue weighted by Crippen LogP contribution is 2.42. The van der Waals surface area contributed by atoms with E-state index in [2.05, 4.69) is 45.9 Å². The van der Waals surface area contributed by atoms with Crippen molar-refractivity contribution < 1.29 is 14.6 Å². The Balaban J connectivity index is 2.43. The number of aliphatic hydroxyl groups is 1. The number of carbonyl (C=O) groups is 1. The van der Waals surface area contributed by atoms with Gasteiger partial charge in [-0.15, -0.1) is 0 Å². The highest BCUT2D eigenvalue weighted by Gasteiger charge is 2.34. The molecule has 0 saturated carbocycles. The van der Waals surface area contributed by atoms with E-state index in [-0.39, 0.29) is 30.8 Å². The summed E-state index contributed by atoms with van der Waals surface area (Å²) in [6.07, 6.45) is 0.312. The lowest BCUT2D eigenvalue weighted by Gasteiger charge is -2.30. The van der Waals surface area contributed by atoms with Crippen molar-refractivity contribution in [2.45, 2.75) is 39.0 Å². The quantitative estimate of drug-likeness (QED) is 0.567. The van der Waals surface area contributed by atoms with E-state index in [0.717, 1.165) is 20.2 Å². The Morgan fingerprint density at radius 1 is 1.28 bits per heavy atom. The first kappa shape index (κ1) is 20.3. The van der Waals surface area contributed by atoms with Crippen molar-refractivity contribution in [2.75, 3.05) is 19.8 Å². The molecule has 0 aliphatic heterocycles. The number of allylic oxidation sites excluding steroid dienone is 1. The van der Waals surface area contributed by atoms with Crippen molar-refractivity contribution in [2.24, 2.45) is 11.8 Å². The molecular weight excluding hydrogens is 352 g/mol. The van der Waals surface area contributed by atoms with Crippen LogP contribution >= 0.6 is 24.0 Å². The number of hydrogen-bond acceptors (Lipinski definition) is 5. The van der Waals surface area contributed by atoms with Crippen LogP contribution in [0.5, 0.6) is 0 Å². The number of aryl methyl sites for hydroxylation is 2. The molecule has 1 aliphatic rings. The Labute approximate surface area is 159 Å². The van der Waals surface area contributed by atoms with Crippen LogP contribution in [0.25, 0.3) is 0 Å². The molecule has 1 N–H and O–H groups in total. The lowest BCUT2D eigenvalue weighted by Crippen LogP contribution is -2.31. The first-order valence-electron chi connectivity index (χ1n) is 8.58. The van der Waals surface area contributed by atoms with E-state index < -0.39 is 0 Å². The van der Waals surface area contributed by atoms with Crippen LogP contribution in [0, 0.1) is 25.7 Å². The van der Waals surface area contributed by atoms with E-state index in [1.165, 1.54) is 11.1 Å². The maximum Gasteiger partial charge on any atom is 0.164 e. The van der Waals surface area contributed by atoms with Gasteiger partial charge in [0.1, 0.15) is 0 Å². The average molecular weight is 379 g/mol. The number of ketones is 1. The fraction of sp³-hybridized carbons (Fsp3) is 0.500. The lowest BCUT2D eigenvalue weighted by molar-refractivity contribution is -0.115. The van der Waals surface area contributed by atoms with Gasteiger partial charge in [0.15, 0.2) is 5.78 Å². The fourth-order valence-corrected chi connectivity index (χ4v) is 5.08. The zero-order chi connectivity index (χ0) is 18.6. The molecule has 25 heavy (non-hydrogen) atoms. The number of thiocarbonyl (C=S) groups is 1. The minimum atomic E-state index is -0.0672. The Morgan fingerprint density at radius 2 is 1.92 bits per heavy atom. The van der Waals surface area contributed by atoms with E-state index in [0.29, 0.717) is 13.0 Å². The average Bonchev–Trinajstić information content (AvgIpc) is 2.48. The maximum atomic E-state index is 12.6. The minimum Gasteiger partial charge on any atom is -0.394 e. The molecule has 0 saturated heterocycles. The lowest BCUT2D eigenvalue weighted by atomic mass is 9.84. The summed E-state index contributed by atoms with van der Waals surface area (Å²) < 4.78 is 5.58. The van der Waals surface area contributed by atoms with Gasteiger partial charge in [0.05, 0.1) is 19.8 Å². The first-order chi connectivity index (χ1) is 11.8. The van der Waals surface area contributed by atoms with Crippen LogP contribution in [-0.2, 0) is 9.53 Å². The molecule has 2 rings (SSSR count). The van der Waals surface area contributed by atoms with E-state index in [4.69, 9.17) is 22.1 Å². The molecule has 0 radical (unpaired) electrons. The summed E-state index contributed by atoms with van der Waals surface area (Å²) in [6.45, 7) is 8.94. The van der Waals surface area contributed by atoms with Crippen LogP contribution in [0.4, 0.5) is 0 Å². The molecule has 3 nitrogen and oxygen atoms in total. The topological polar surface area (TPSA) is 46.5 Å².